The maximum Gasteiger partial charge on any atom is 0.221 e. The van der Waals surface area contributed by atoms with E-state index in [9.17, 15) is 4.79 Å². The second kappa shape index (κ2) is 6.29. The molecule has 0 radical (unpaired) electrons. The van der Waals surface area contributed by atoms with E-state index < -0.39 is 0 Å². The predicted octanol–water partition coefficient (Wildman–Crippen LogP) is 1.75. The number of nitrogens with zero attached hydrogens (tertiary/aromatic N) is 4. The molecule has 22 heavy (non-hydrogen) atoms. The summed E-state index contributed by atoms with van der Waals surface area (Å²) in [6.07, 6.45) is 0.409. The van der Waals surface area contributed by atoms with Crippen LogP contribution in [0, 0.1) is 0 Å². The Hall–Kier alpha value is -2.18. The van der Waals surface area contributed by atoms with Crippen LogP contribution in [-0.4, -0.2) is 38.3 Å². The maximum atomic E-state index is 11.6. The minimum Gasteiger partial charge on any atom is -0.368 e. The summed E-state index contributed by atoms with van der Waals surface area (Å²) in [5.41, 5.74) is 0.579. The van der Waals surface area contributed by atoms with Gasteiger partial charge >= 0.3 is 0 Å². The first-order valence-electron chi connectivity index (χ1n) is 7.53. The van der Waals surface area contributed by atoms with Gasteiger partial charge in [0.2, 0.25) is 5.91 Å². The first-order chi connectivity index (χ1) is 10.3. The van der Waals surface area contributed by atoms with Gasteiger partial charge in [0.05, 0.1) is 0 Å². The number of nitrogens with one attached hydrogen (secondary N) is 2. The third kappa shape index (κ3) is 3.93. The van der Waals surface area contributed by atoms with Crippen LogP contribution >= 0.6 is 0 Å². The van der Waals surface area contributed by atoms with Crippen molar-refractivity contribution in [2.75, 3.05) is 11.9 Å². The highest BCUT2D eigenvalue weighted by Gasteiger charge is 2.21. The molecule has 0 atom stereocenters. The molecule has 0 spiro atoms. The van der Waals surface area contributed by atoms with E-state index >= 15 is 0 Å². The Morgan fingerprint density at radius 2 is 2.00 bits per heavy atom. The van der Waals surface area contributed by atoms with Crippen molar-refractivity contribution in [2.24, 2.45) is 0 Å². The van der Waals surface area contributed by atoms with Gasteiger partial charge in [-0.3, -0.25) is 4.79 Å². The minimum atomic E-state index is -0.137. The molecule has 0 aliphatic rings. The molecule has 0 unspecified atom stereocenters. The number of hydrogen-bond acceptors (Lipinski definition) is 5. The van der Waals surface area contributed by atoms with Crippen LogP contribution in [0.15, 0.2) is 12.1 Å². The molecule has 1 amide bonds. The van der Waals surface area contributed by atoms with E-state index in [2.05, 4.69) is 46.7 Å². The van der Waals surface area contributed by atoms with Gasteiger partial charge in [-0.2, -0.15) is 4.52 Å². The third-order valence-corrected chi connectivity index (χ3v) is 3.04. The quantitative estimate of drug-likeness (QED) is 0.879. The summed E-state index contributed by atoms with van der Waals surface area (Å²) in [5.74, 6) is 1.54. The maximum absolute atomic E-state index is 11.6. The van der Waals surface area contributed by atoms with Gasteiger partial charge in [-0.25, -0.2) is 0 Å². The molecule has 2 heterocycles. The number of anilines is 1. The lowest BCUT2D eigenvalue weighted by atomic mass is 9.96. The van der Waals surface area contributed by atoms with Gasteiger partial charge < -0.3 is 10.6 Å². The van der Waals surface area contributed by atoms with Gasteiger partial charge in [-0.15, -0.1) is 15.3 Å². The van der Waals surface area contributed by atoms with Crippen LogP contribution in [0.25, 0.3) is 5.65 Å². The molecule has 0 aromatic carbocycles. The molecular weight excluding hydrogens is 280 g/mol. The van der Waals surface area contributed by atoms with Crippen LogP contribution in [0.2, 0.25) is 0 Å². The molecule has 0 fully saturated rings. The van der Waals surface area contributed by atoms with Gasteiger partial charge in [0.15, 0.2) is 11.5 Å². The Bertz CT molecular complexity index is 656. The van der Waals surface area contributed by atoms with Crippen molar-refractivity contribution in [2.45, 2.75) is 52.5 Å². The van der Waals surface area contributed by atoms with Gasteiger partial charge in [-0.05, 0) is 26.0 Å². The van der Waals surface area contributed by atoms with E-state index in [0.29, 0.717) is 24.4 Å². The Morgan fingerprint density at radius 3 is 2.64 bits per heavy atom. The summed E-state index contributed by atoms with van der Waals surface area (Å²) in [7, 11) is 0. The van der Waals surface area contributed by atoms with Crippen LogP contribution in [0.4, 0.5) is 5.82 Å². The molecule has 120 valence electrons. The lowest BCUT2D eigenvalue weighted by Crippen LogP contribution is -2.31. The summed E-state index contributed by atoms with van der Waals surface area (Å²) >= 11 is 0. The van der Waals surface area contributed by atoms with Crippen LogP contribution in [-0.2, 0) is 10.2 Å². The lowest BCUT2D eigenvalue weighted by molar-refractivity contribution is -0.121. The number of fused-ring (bicyclic) bond motifs is 1. The van der Waals surface area contributed by atoms with Crippen molar-refractivity contribution >= 4 is 17.4 Å². The average Bonchev–Trinajstić information content (AvgIpc) is 2.80. The van der Waals surface area contributed by atoms with E-state index in [0.717, 1.165) is 5.82 Å². The molecule has 2 aromatic heterocycles. The summed E-state index contributed by atoms with van der Waals surface area (Å²) in [5, 5.41) is 18.9. The Morgan fingerprint density at radius 1 is 1.27 bits per heavy atom. The molecule has 0 bridgehead atoms. The third-order valence-electron chi connectivity index (χ3n) is 3.04. The predicted molar refractivity (Wildman–Crippen MR) is 85.9 cm³/mol. The van der Waals surface area contributed by atoms with Crippen molar-refractivity contribution in [1.29, 1.82) is 0 Å². The minimum absolute atomic E-state index is 0.0308. The molecule has 0 saturated carbocycles. The zero-order valence-corrected chi connectivity index (χ0v) is 13.8. The summed E-state index contributed by atoms with van der Waals surface area (Å²) in [4.78, 5) is 11.6. The number of hydrogen-bond donors (Lipinski definition) is 2. The lowest BCUT2D eigenvalue weighted by Gasteiger charge is -2.15. The number of carbonyl (C=O) groups excluding carboxylic acids is 1. The van der Waals surface area contributed by atoms with Crippen molar-refractivity contribution < 1.29 is 4.79 Å². The Labute approximate surface area is 130 Å². The standard InChI is InChI=1S/C15H24N6O/c1-10(2)17-13(22)8-9-16-11-6-7-12-18-19-14(15(3,4)5)21(12)20-11/h6-7,10H,8-9H2,1-5H3,(H,16,20)(H,17,22). The zero-order chi connectivity index (χ0) is 16.3. The molecule has 2 aromatic rings. The Balaban J connectivity index is 2.05. The molecule has 7 nitrogen and oxygen atoms in total. The number of amides is 1. The number of rotatable bonds is 5. The van der Waals surface area contributed by atoms with Crippen LogP contribution in [0.1, 0.15) is 46.9 Å². The highest BCUT2D eigenvalue weighted by Crippen LogP contribution is 2.20. The van der Waals surface area contributed by atoms with Crippen molar-refractivity contribution in [3.8, 4) is 0 Å². The molecule has 7 heteroatoms. The highest BCUT2D eigenvalue weighted by molar-refractivity contribution is 5.76. The topological polar surface area (TPSA) is 84.2 Å². The number of aromatic nitrogens is 4. The first-order valence-corrected chi connectivity index (χ1v) is 7.53. The molecule has 0 saturated heterocycles. The number of carbonyl (C=O) groups is 1. The molecule has 2 N–H and O–H groups in total. The van der Waals surface area contributed by atoms with Crippen molar-refractivity contribution in [3.05, 3.63) is 18.0 Å². The van der Waals surface area contributed by atoms with Gasteiger partial charge in [0.1, 0.15) is 5.82 Å². The largest absolute Gasteiger partial charge is 0.368 e. The van der Waals surface area contributed by atoms with Crippen molar-refractivity contribution in [1.82, 2.24) is 25.1 Å². The van der Waals surface area contributed by atoms with E-state index in [1.807, 2.05) is 26.0 Å². The smallest absolute Gasteiger partial charge is 0.221 e. The molecule has 2 rings (SSSR count). The summed E-state index contributed by atoms with van der Waals surface area (Å²) in [6, 6.07) is 3.87. The van der Waals surface area contributed by atoms with Crippen LogP contribution in [0.3, 0.4) is 0 Å². The van der Waals surface area contributed by atoms with Crippen molar-refractivity contribution in [3.63, 3.8) is 0 Å². The van der Waals surface area contributed by atoms with E-state index in [1.165, 1.54) is 0 Å². The second-order valence-corrected chi connectivity index (χ2v) is 6.66. The van der Waals surface area contributed by atoms with Gasteiger partial charge in [0.25, 0.3) is 0 Å². The SMILES string of the molecule is CC(C)NC(=O)CCNc1ccc2nnc(C(C)(C)C)n2n1. The average molecular weight is 304 g/mol. The van der Waals surface area contributed by atoms with Crippen LogP contribution < -0.4 is 10.6 Å². The fourth-order valence-electron chi connectivity index (χ4n) is 2.05. The van der Waals surface area contributed by atoms with E-state index in [4.69, 9.17) is 0 Å². The second-order valence-electron chi connectivity index (χ2n) is 6.66. The normalized spacial score (nSPS) is 11.9. The van der Waals surface area contributed by atoms with Gasteiger partial charge in [-0.1, -0.05) is 20.8 Å². The fourth-order valence-corrected chi connectivity index (χ4v) is 2.05. The summed E-state index contributed by atoms with van der Waals surface area (Å²) < 4.78 is 1.75. The Kier molecular flexibility index (Phi) is 4.63. The van der Waals surface area contributed by atoms with Crippen LogP contribution in [0.5, 0.6) is 0 Å². The first kappa shape index (κ1) is 16.2. The van der Waals surface area contributed by atoms with E-state index in [-0.39, 0.29) is 17.4 Å². The summed E-state index contributed by atoms with van der Waals surface area (Å²) in [6.45, 7) is 10.6. The van der Waals surface area contributed by atoms with E-state index in [1.54, 1.807) is 4.52 Å². The fraction of sp³-hybridized carbons (Fsp3) is 0.600. The monoisotopic (exact) mass is 304 g/mol. The molecule has 0 aliphatic carbocycles. The molecule has 0 aliphatic heterocycles. The zero-order valence-electron chi connectivity index (χ0n) is 13.8. The highest BCUT2D eigenvalue weighted by atomic mass is 16.1. The molecular formula is C15H24N6O. The van der Waals surface area contributed by atoms with Gasteiger partial charge in [0, 0.05) is 24.4 Å².